The summed E-state index contributed by atoms with van der Waals surface area (Å²) in [4.78, 5) is 15.5. The first-order valence-corrected chi connectivity index (χ1v) is 13.6. The zero-order valence-corrected chi connectivity index (χ0v) is 22.8. The molecule has 0 unspecified atom stereocenters. The first-order valence-electron chi connectivity index (χ1n) is 13.6. The second-order valence-corrected chi connectivity index (χ2v) is 10.4. The maximum atomic E-state index is 13.9. The van der Waals surface area contributed by atoms with Crippen LogP contribution >= 0.6 is 0 Å². The zero-order chi connectivity index (χ0) is 28.8. The Labute approximate surface area is 242 Å². The van der Waals surface area contributed by atoms with Crippen LogP contribution in [0.1, 0.15) is 27.0 Å². The molecule has 6 aromatic rings. The molecule has 200 valence electrons. The summed E-state index contributed by atoms with van der Waals surface area (Å²) in [6, 6.07) is 38.0. The summed E-state index contributed by atoms with van der Waals surface area (Å²) in [6.45, 7) is 0.531. The number of amides is 1. The molecule has 0 N–H and O–H groups in total. The molecule has 0 atom stereocenters. The molecule has 6 heteroatoms. The Morgan fingerprint density at radius 2 is 1.26 bits per heavy atom. The van der Waals surface area contributed by atoms with Gasteiger partial charge in [-0.1, -0.05) is 72.8 Å². The summed E-state index contributed by atoms with van der Waals surface area (Å²) >= 11 is 0. The van der Waals surface area contributed by atoms with Crippen molar-refractivity contribution in [2.24, 2.45) is 0 Å². The molecule has 1 aliphatic rings. The van der Waals surface area contributed by atoms with Gasteiger partial charge in [-0.2, -0.15) is 10.5 Å². The second kappa shape index (κ2) is 10.1. The lowest BCUT2D eigenvalue weighted by atomic mass is 9.99. The van der Waals surface area contributed by atoms with Crippen molar-refractivity contribution >= 4 is 27.7 Å². The van der Waals surface area contributed by atoms with Crippen LogP contribution in [-0.2, 0) is 11.3 Å². The van der Waals surface area contributed by atoms with E-state index in [4.69, 9.17) is 4.74 Å². The third-order valence-electron chi connectivity index (χ3n) is 7.89. The summed E-state index contributed by atoms with van der Waals surface area (Å²) in [5.74, 6) is -0.110. The minimum atomic E-state index is -0.110. The first-order chi connectivity index (χ1) is 20.6. The standard InChI is InChI=1S/C36H24N4O2/c1-39-22-42-21-27-11-4-16-32(33(27)36(39)41)40-34-28(25-9-2-7-23(17-25)19-37)12-5-14-30(34)31-15-6-13-29(35(31)40)26-10-3-8-24(18-26)20-38/h2-18H,21-22H2,1H3. The van der Waals surface area contributed by atoms with E-state index >= 15 is 0 Å². The normalized spacial score (nSPS) is 13.0. The average Bonchev–Trinajstić information content (AvgIpc) is 3.31. The number of para-hydroxylation sites is 2. The van der Waals surface area contributed by atoms with Crippen molar-refractivity contribution in [2.45, 2.75) is 6.61 Å². The van der Waals surface area contributed by atoms with Gasteiger partial charge in [0.25, 0.3) is 5.91 Å². The van der Waals surface area contributed by atoms with Crippen LogP contribution in [0.4, 0.5) is 0 Å². The van der Waals surface area contributed by atoms with Crippen LogP contribution < -0.4 is 0 Å². The molecule has 0 bridgehead atoms. The summed E-state index contributed by atoms with van der Waals surface area (Å²) < 4.78 is 8.01. The number of aromatic nitrogens is 1. The van der Waals surface area contributed by atoms with Crippen molar-refractivity contribution in [3.05, 3.63) is 125 Å². The summed E-state index contributed by atoms with van der Waals surface area (Å²) in [7, 11) is 1.75. The van der Waals surface area contributed by atoms with E-state index in [0.29, 0.717) is 23.3 Å². The summed E-state index contributed by atoms with van der Waals surface area (Å²) in [5, 5.41) is 21.4. The van der Waals surface area contributed by atoms with E-state index < -0.39 is 0 Å². The average molecular weight is 545 g/mol. The fourth-order valence-electron chi connectivity index (χ4n) is 6.02. The largest absolute Gasteiger partial charge is 0.356 e. The van der Waals surface area contributed by atoms with Crippen LogP contribution in [0.25, 0.3) is 49.7 Å². The maximum Gasteiger partial charge on any atom is 0.257 e. The number of carbonyl (C=O) groups is 1. The number of ether oxygens (including phenoxy) is 1. The van der Waals surface area contributed by atoms with Crippen molar-refractivity contribution < 1.29 is 9.53 Å². The Balaban J connectivity index is 1.68. The van der Waals surface area contributed by atoms with Crippen LogP contribution in [-0.4, -0.2) is 29.2 Å². The van der Waals surface area contributed by atoms with E-state index in [2.05, 4.69) is 41.0 Å². The number of hydrogen-bond acceptors (Lipinski definition) is 4. The molecule has 1 aromatic heterocycles. The number of rotatable bonds is 3. The monoisotopic (exact) mass is 544 g/mol. The third kappa shape index (κ3) is 3.94. The van der Waals surface area contributed by atoms with Gasteiger partial charge in [0.2, 0.25) is 0 Å². The minimum absolute atomic E-state index is 0.110. The van der Waals surface area contributed by atoms with Crippen molar-refractivity contribution in [1.29, 1.82) is 10.5 Å². The van der Waals surface area contributed by atoms with E-state index in [0.717, 1.165) is 55.3 Å². The molecule has 7 rings (SSSR count). The number of nitriles is 2. The molecule has 0 saturated carbocycles. The fraction of sp³-hybridized carbons (Fsp3) is 0.0833. The maximum absolute atomic E-state index is 13.9. The van der Waals surface area contributed by atoms with Gasteiger partial charge >= 0.3 is 0 Å². The molecule has 6 nitrogen and oxygen atoms in total. The molecule has 0 saturated heterocycles. The molecular formula is C36H24N4O2. The number of hydrogen-bond donors (Lipinski definition) is 0. The van der Waals surface area contributed by atoms with Crippen molar-refractivity contribution in [2.75, 3.05) is 13.8 Å². The highest BCUT2D eigenvalue weighted by Crippen LogP contribution is 2.43. The van der Waals surface area contributed by atoms with Gasteiger partial charge < -0.3 is 14.2 Å². The van der Waals surface area contributed by atoms with Gasteiger partial charge in [-0.15, -0.1) is 0 Å². The lowest BCUT2D eigenvalue weighted by molar-refractivity contribution is 0.0339. The van der Waals surface area contributed by atoms with E-state index in [9.17, 15) is 15.3 Å². The van der Waals surface area contributed by atoms with Crippen molar-refractivity contribution in [1.82, 2.24) is 9.47 Å². The quantitative estimate of drug-likeness (QED) is 0.232. The number of nitrogens with zero attached hydrogens (tertiary/aromatic N) is 4. The number of carbonyl (C=O) groups excluding carboxylic acids is 1. The molecule has 0 aliphatic carbocycles. The van der Waals surface area contributed by atoms with Gasteiger partial charge in [0.1, 0.15) is 6.73 Å². The van der Waals surface area contributed by atoms with Gasteiger partial charge in [0, 0.05) is 28.9 Å². The van der Waals surface area contributed by atoms with E-state index in [1.54, 1.807) is 24.1 Å². The molecule has 0 radical (unpaired) electrons. The molecule has 1 aliphatic heterocycles. The number of benzene rings is 5. The second-order valence-electron chi connectivity index (χ2n) is 10.4. The Bertz CT molecular complexity index is 2030. The molecule has 1 amide bonds. The van der Waals surface area contributed by atoms with Gasteiger partial charge in [0.15, 0.2) is 0 Å². The predicted molar refractivity (Wildman–Crippen MR) is 163 cm³/mol. The van der Waals surface area contributed by atoms with E-state index in [1.807, 2.05) is 66.7 Å². The lowest BCUT2D eigenvalue weighted by Gasteiger charge is -2.20. The van der Waals surface area contributed by atoms with Crippen LogP contribution in [0.5, 0.6) is 0 Å². The Hall–Kier alpha value is -5.69. The molecule has 5 aromatic carbocycles. The summed E-state index contributed by atoms with van der Waals surface area (Å²) in [5.41, 5.74) is 8.89. The molecule has 0 fully saturated rings. The van der Waals surface area contributed by atoms with E-state index in [-0.39, 0.29) is 12.6 Å². The SMILES string of the molecule is CN1COCc2cccc(-n3c4c(-c5cccc(C#N)c5)cccc4c4cccc(-c5cccc(C#N)c5)c43)c2C1=O. The first kappa shape index (κ1) is 25.3. The van der Waals surface area contributed by atoms with Gasteiger partial charge in [-0.3, -0.25) is 4.79 Å². The fourth-order valence-corrected chi connectivity index (χ4v) is 6.02. The zero-order valence-electron chi connectivity index (χ0n) is 22.8. The van der Waals surface area contributed by atoms with E-state index in [1.165, 1.54) is 0 Å². The van der Waals surface area contributed by atoms with Crippen LogP contribution in [0.2, 0.25) is 0 Å². The minimum Gasteiger partial charge on any atom is -0.356 e. The molecule has 0 spiro atoms. The summed E-state index contributed by atoms with van der Waals surface area (Å²) in [6.07, 6.45) is 0. The van der Waals surface area contributed by atoms with Crippen LogP contribution in [0, 0.1) is 22.7 Å². The highest BCUT2D eigenvalue weighted by atomic mass is 16.5. The Morgan fingerprint density at radius 1 is 0.714 bits per heavy atom. The third-order valence-corrected chi connectivity index (χ3v) is 7.89. The van der Waals surface area contributed by atoms with Gasteiger partial charge in [-0.25, -0.2) is 0 Å². The molecular weight excluding hydrogens is 520 g/mol. The number of fused-ring (bicyclic) bond motifs is 4. The predicted octanol–water partition coefficient (Wildman–Crippen LogP) is 7.42. The van der Waals surface area contributed by atoms with Crippen molar-refractivity contribution in [3.8, 4) is 40.1 Å². The smallest absolute Gasteiger partial charge is 0.257 e. The van der Waals surface area contributed by atoms with Gasteiger partial charge in [-0.05, 0) is 47.0 Å². The molecule has 2 heterocycles. The van der Waals surface area contributed by atoms with Crippen LogP contribution in [0.3, 0.4) is 0 Å². The topological polar surface area (TPSA) is 82.0 Å². The van der Waals surface area contributed by atoms with Gasteiger partial charge in [0.05, 0.1) is 52.2 Å². The highest BCUT2D eigenvalue weighted by molar-refractivity contribution is 6.18. The van der Waals surface area contributed by atoms with Crippen LogP contribution in [0.15, 0.2) is 103 Å². The lowest BCUT2D eigenvalue weighted by Crippen LogP contribution is -2.28. The Morgan fingerprint density at radius 3 is 1.83 bits per heavy atom. The van der Waals surface area contributed by atoms with Crippen molar-refractivity contribution in [3.63, 3.8) is 0 Å². The molecule has 42 heavy (non-hydrogen) atoms. The Kier molecular flexibility index (Phi) is 6.05. The highest BCUT2D eigenvalue weighted by Gasteiger charge is 2.27.